The first-order valence-corrected chi connectivity index (χ1v) is 8.00. The van der Waals surface area contributed by atoms with E-state index in [2.05, 4.69) is 13.8 Å². The van der Waals surface area contributed by atoms with E-state index < -0.39 is 5.54 Å². The third kappa shape index (κ3) is 2.60. The van der Waals surface area contributed by atoms with Crippen molar-refractivity contribution in [2.45, 2.75) is 77.0 Å². The number of hydrogen-bond donors (Lipinski definition) is 1. The molecule has 2 aliphatic rings. The monoisotopic (exact) mass is 282 g/mol. The van der Waals surface area contributed by atoms with E-state index in [9.17, 15) is 4.79 Å². The molecular weight excluding hydrogens is 252 g/mol. The minimum atomic E-state index is -0.625. The molecule has 2 saturated carbocycles. The highest BCUT2D eigenvalue weighted by molar-refractivity contribution is 5.86. The predicted molar refractivity (Wildman–Crippen MR) is 80.4 cm³/mol. The van der Waals surface area contributed by atoms with Crippen LogP contribution in [0.3, 0.4) is 0 Å². The molecule has 2 fully saturated rings. The Morgan fingerprint density at radius 3 is 2.40 bits per heavy atom. The van der Waals surface area contributed by atoms with Gasteiger partial charge in [0, 0.05) is 25.1 Å². The van der Waals surface area contributed by atoms with Gasteiger partial charge in [-0.15, -0.1) is 0 Å². The normalized spacial score (nSPS) is 31.4. The lowest BCUT2D eigenvalue weighted by Gasteiger charge is -2.56. The van der Waals surface area contributed by atoms with Gasteiger partial charge in [-0.05, 0) is 26.2 Å². The maximum atomic E-state index is 12.8. The fraction of sp³-hybridized carbons (Fsp3) is 0.938. The zero-order valence-electron chi connectivity index (χ0n) is 13.4. The quantitative estimate of drug-likeness (QED) is 0.861. The van der Waals surface area contributed by atoms with Gasteiger partial charge in [0.05, 0.1) is 11.6 Å². The van der Waals surface area contributed by atoms with Gasteiger partial charge in [-0.3, -0.25) is 4.79 Å². The van der Waals surface area contributed by atoms with Crippen LogP contribution in [0, 0.1) is 5.41 Å². The lowest BCUT2D eigenvalue weighted by Crippen LogP contribution is -2.66. The fourth-order valence-corrected chi connectivity index (χ4v) is 3.89. The van der Waals surface area contributed by atoms with Crippen LogP contribution in [-0.2, 0) is 9.53 Å². The van der Waals surface area contributed by atoms with E-state index in [4.69, 9.17) is 10.5 Å². The highest BCUT2D eigenvalue weighted by Crippen LogP contribution is 2.46. The minimum absolute atomic E-state index is 0.0193. The molecule has 2 aliphatic carbocycles. The minimum Gasteiger partial charge on any atom is -0.378 e. The molecular formula is C16H30N2O2. The average Bonchev–Trinajstić information content (AvgIpc) is 2.42. The van der Waals surface area contributed by atoms with E-state index in [1.807, 2.05) is 18.9 Å². The molecule has 4 heteroatoms. The predicted octanol–water partition coefficient (Wildman–Crippen LogP) is 2.31. The zero-order chi connectivity index (χ0) is 15.0. The molecule has 0 aromatic heterocycles. The summed E-state index contributed by atoms with van der Waals surface area (Å²) in [5.41, 5.74) is 5.77. The first-order chi connectivity index (χ1) is 9.33. The van der Waals surface area contributed by atoms with Crippen molar-refractivity contribution < 1.29 is 9.53 Å². The number of amides is 1. The van der Waals surface area contributed by atoms with Crippen LogP contribution < -0.4 is 5.73 Å². The lowest BCUT2D eigenvalue weighted by molar-refractivity contribution is -0.168. The molecule has 0 aromatic rings. The first-order valence-electron chi connectivity index (χ1n) is 8.00. The molecule has 0 aliphatic heterocycles. The van der Waals surface area contributed by atoms with Gasteiger partial charge < -0.3 is 15.4 Å². The summed E-state index contributed by atoms with van der Waals surface area (Å²) in [4.78, 5) is 14.7. The van der Waals surface area contributed by atoms with Crippen molar-refractivity contribution in [3.8, 4) is 0 Å². The summed E-state index contributed by atoms with van der Waals surface area (Å²) in [6.07, 6.45) is 6.21. The smallest absolute Gasteiger partial charge is 0.242 e. The van der Waals surface area contributed by atoms with Gasteiger partial charge in [-0.1, -0.05) is 33.1 Å². The Morgan fingerprint density at radius 2 is 1.90 bits per heavy atom. The van der Waals surface area contributed by atoms with Gasteiger partial charge in [-0.25, -0.2) is 0 Å². The maximum Gasteiger partial charge on any atom is 0.242 e. The summed E-state index contributed by atoms with van der Waals surface area (Å²) in [5.74, 6) is 0.130. The van der Waals surface area contributed by atoms with Gasteiger partial charge in [0.2, 0.25) is 5.91 Å². The van der Waals surface area contributed by atoms with Gasteiger partial charge in [0.25, 0.3) is 0 Å². The van der Waals surface area contributed by atoms with Crippen molar-refractivity contribution in [3.63, 3.8) is 0 Å². The molecule has 0 spiro atoms. The summed E-state index contributed by atoms with van der Waals surface area (Å²) in [7, 11) is 1.92. The molecule has 2 rings (SSSR count). The third-order valence-corrected chi connectivity index (χ3v) is 5.45. The van der Waals surface area contributed by atoms with Crippen LogP contribution in [0.5, 0.6) is 0 Å². The average molecular weight is 282 g/mol. The second kappa shape index (κ2) is 5.64. The van der Waals surface area contributed by atoms with Crippen LogP contribution in [0.4, 0.5) is 0 Å². The van der Waals surface area contributed by atoms with Gasteiger partial charge in [-0.2, -0.15) is 0 Å². The number of hydrogen-bond acceptors (Lipinski definition) is 3. The van der Waals surface area contributed by atoms with Crippen LogP contribution in [-0.4, -0.2) is 42.1 Å². The Labute approximate surface area is 123 Å². The Hall–Kier alpha value is -0.610. The van der Waals surface area contributed by atoms with Crippen molar-refractivity contribution in [2.24, 2.45) is 11.1 Å². The Morgan fingerprint density at radius 1 is 1.30 bits per heavy atom. The van der Waals surface area contributed by atoms with Crippen molar-refractivity contribution in [1.29, 1.82) is 0 Å². The van der Waals surface area contributed by atoms with Gasteiger partial charge in [0.15, 0.2) is 0 Å². The number of carbonyl (C=O) groups is 1. The Balaban J connectivity index is 2.01. The van der Waals surface area contributed by atoms with Crippen molar-refractivity contribution in [2.75, 3.05) is 13.7 Å². The maximum absolute atomic E-state index is 12.8. The fourth-order valence-electron chi connectivity index (χ4n) is 3.89. The second-order valence-corrected chi connectivity index (χ2v) is 7.15. The molecule has 0 bridgehead atoms. The van der Waals surface area contributed by atoms with Crippen molar-refractivity contribution >= 4 is 5.91 Å². The lowest BCUT2D eigenvalue weighted by atomic mass is 9.63. The number of nitrogens with zero attached hydrogens (tertiary/aromatic N) is 1. The molecule has 2 unspecified atom stereocenters. The Kier molecular flexibility index (Phi) is 4.45. The molecule has 20 heavy (non-hydrogen) atoms. The molecule has 116 valence electrons. The van der Waals surface area contributed by atoms with E-state index in [-0.39, 0.29) is 23.5 Å². The summed E-state index contributed by atoms with van der Waals surface area (Å²) in [6.45, 7) is 7.14. The standard InChI is InChI=1S/C16H30N2O2/c1-5-20-13-11-12(15(13,2)3)18(4)14(19)16(17)9-7-6-8-10-16/h12-13H,5-11,17H2,1-4H3. The SMILES string of the molecule is CCOC1CC(N(C)C(=O)C2(N)CCCCC2)C1(C)C. The molecule has 0 radical (unpaired) electrons. The molecule has 2 N–H and O–H groups in total. The number of carbonyl (C=O) groups excluding carboxylic acids is 1. The van der Waals surface area contributed by atoms with E-state index in [0.29, 0.717) is 0 Å². The van der Waals surface area contributed by atoms with Gasteiger partial charge in [0.1, 0.15) is 0 Å². The largest absolute Gasteiger partial charge is 0.378 e. The van der Waals surface area contributed by atoms with Crippen LogP contribution in [0.15, 0.2) is 0 Å². The number of likely N-dealkylation sites (N-methyl/N-ethyl adjacent to an activating group) is 1. The summed E-state index contributed by atoms with van der Waals surface area (Å²) in [5, 5.41) is 0. The molecule has 1 amide bonds. The van der Waals surface area contributed by atoms with Crippen molar-refractivity contribution in [3.05, 3.63) is 0 Å². The summed E-state index contributed by atoms with van der Waals surface area (Å²) < 4.78 is 5.75. The third-order valence-electron chi connectivity index (χ3n) is 5.45. The van der Waals surface area contributed by atoms with E-state index in [1.54, 1.807) is 0 Å². The van der Waals surface area contributed by atoms with Crippen LogP contribution in [0.1, 0.15) is 59.3 Å². The van der Waals surface area contributed by atoms with Crippen molar-refractivity contribution in [1.82, 2.24) is 4.90 Å². The highest BCUT2D eigenvalue weighted by Gasteiger charge is 2.53. The zero-order valence-corrected chi connectivity index (χ0v) is 13.4. The molecule has 0 aromatic carbocycles. The summed E-state index contributed by atoms with van der Waals surface area (Å²) in [6, 6.07) is 0.244. The molecule has 4 nitrogen and oxygen atoms in total. The first kappa shape index (κ1) is 15.8. The molecule has 0 saturated heterocycles. The van der Waals surface area contributed by atoms with Crippen LogP contribution in [0.2, 0.25) is 0 Å². The van der Waals surface area contributed by atoms with Crippen LogP contribution in [0.25, 0.3) is 0 Å². The van der Waals surface area contributed by atoms with Gasteiger partial charge >= 0.3 is 0 Å². The summed E-state index contributed by atoms with van der Waals surface area (Å²) >= 11 is 0. The Bertz CT molecular complexity index is 361. The number of rotatable bonds is 4. The van der Waals surface area contributed by atoms with E-state index in [1.165, 1.54) is 6.42 Å². The topological polar surface area (TPSA) is 55.6 Å². The number of ether oxygens (including phenoxy) is 1. The second-order valence-electron chi connectivity index (χ2n) is 7.15. The van der Waals surface area contributed by atoms with E-state index in [0.717, 1.165) is 38.7 Å². The molecule has 0 heterocycles. The highest BCUT2D eigenvalue weighted by atomic mass is 16.5. The molecule has 2 atom stereocenters. The van der Waals surface area contributed by atoms with E-state index >= 15 is 0 Å². The number of nitrogens with two attached hydrogens (primary N) is 1. The van der Waals surface area contributed by atoms with Crippen LogP contribution >= 0.6 is 0 Å².